The topological polar surface area (TPSA) is 41.1 Å². The molecule has 0 saturated carbocycles. The Balaban J connectivity index is 1.68. The maximum absolute atomic E-state index is 12.9. The Bertz CT molecular complexity index is 408. The van der Waals surface area contributed by atoms with Gasteiger partial charge in [-0.3, -0.25) is 4.79 Å². The van der Waals surface area contributed by atoms with Crippen LogP contribution in [0.3, 0.4) is 0 Å². The van der Waals surface area contributed by atoms with Crippen LogP contribution in [0.2, 0.25) is 0 Å². The molecule has 2 rings (SSSR count). The third-order valence-electron chi connectivity index (χ3n) is 2.79. The maximum atomic E-state index is 12.9. The Hall–Kier alpha value is -1.07. The number of hydrogen-bond donors (Lipinski definition) is 2. The van der Waals surface area contributed by atoms with Crippen molar-refractivity contribution >= 4 is 23.4 Å². The van der Waals surface area contributed by atoms with Gasteiger partial charge in [-0.05, 0) is 36.8 Å². The molecule has 1 amide bonds. The number of halogens is 1. The fourth-order valence-corrected chi connectivity index (χ4v) is 3.16. The van der Waals surface area contributed by atoms with Crippen LogP contribution in [0, 0.1) is 5.82 Å². The molecule has 0 bridgehead atoms. The molecule has 3 nitrogen and oxygen atoms in total. The Morgan fingerprint density at radius 1 is 1.50 bits per heavy atom. The number of thioether (sulfide) groups is 1. The molecule has 1 aliphatic heterocycles. The van der Waals surface area contributed by atoms with Crippen LogP contribution >= 0.6 is 11.8 Å². The van der Waals surface area contributed by atoms with Crippen LogP contribution in [0.15, 0.2) is 24.3 Å². The van der Waals surface area contributed by atoms with Crippen molar-refractivity contribution in [3.8, 4) is 0 Å². The van der Waals surface area contributed by atoms with E-state index in [0.29, 0.717) is 10.9 Å². The first-order valence-electron chi connectivity index (χ1n) is 6.12. The molecule has 5 heteroatoms. The van der Waals surface area contributed by atoms with E-state index in [2.05, 4.69) is 10.6 Å². The molecular formula is C13H17FN2OS. The van der Waals surface area contributed by atoms with Gasteiger partial charge < -0.3 is 10.6 Å². The van der Waals surface area contributed by atoms with Crippen LogP contribution in [0.25, 0.3) is 0 Å². The molecule has 1 aliphatic rings. The number of benzene rings is 1. The number of rotatable bonds is 5. The van der Waals surface area contributed by atoms with Gasteiger partial charge in [0.2, 0.25) is 5.91 Å². The Kier molecular flexibility index (Phi) is 5.01. The van der Waals surface area contributed by atoms with E-state index in [-0.39, 0.29) is 18.3 Å². The smallest absolute Gasteiger partial charge is 0.238 e. The number of hydrogen-bond acceptors (Lipinski definition) is 3. The number of nitrogens with one attached hydrogen (secondary N) is 2. The molecule has 1 atom stereocenters. The van der Waals surface area contributed by atoms with Crippen LogP contribution in [0.1, 0.15) is 12.8 Å². The van der Waals surface area contributed by atoms with E-state index in [1.54, 1.807) is 12.1 Å². The third kappa shape index (κ3) is 4.31. The summed E-state index contributed by atoms with van der Waals surface area (Å²) in [6.45, 7) is 1.13. The van der Waals surface area contributed by atoms with Crippen molar-refractivity contribution in [2.75, 3.05) is 24.2 Å². The highest BCUT2D eigenvalue weighted by atomic mass is 32.2. The van der Waals surface area contributed by atoms with Crippen LogP contribution in [0.5, 0.6) is 0 Å². The summed E-state index contributed by atoms with van der Waals surface area (Å²) in [5.41, 5.74) is 0.497. The summed E-state index contributed by atoms with van der Waals surface area (Å²) in [5.74, 6) is 0.744. The zero-order chi connectivity index (χ0) is 12.8. The quantitative estimate of drug-likeness (QED) is 0.860. The number of carbonyl (C=O) groups is 1. The second-order valence-electron chi connectivity index (χ2n) is 4.32. The molecule has 98 valence electrons. The Morgan fingerprint density at radius 2 is 2.39 bits per heavy atom. The van der Waals surface area contributed by atoms with Crippen LogP contribution < -0.4 is 10.6 Å². The first-order valence-corrected chi connectivity index (χ1v) is 7.16. The predicted octanol–water partition coefficient (Wildman–Crippen LogP) is 2.25. The maximum Gasteiger partial charge on any atom is 0.238 e. The predicted molar refractivity (Wildman–Crippen MR) is 73.4 cm³/mol. The summed E-state index contributed by atoms with van der Waals surface area (Å²) in [5, 5.41) is 6.43. The Labute approximate surface area is 111 Å². The first-order chi connectivity index (χ1) is 8.74. The van der Waals surface area contributed by atoms with E-state index in [1.165, 1.54) is 30.7 Å². The highest BCUT2D eigenvalue weighted by molar-refractivity contribution is 8.00. The van der Waals surface area contributed by atoms with Crippen molar-refractivity contribution in [1.82, 2.24) is 5.32 Å². The van der Waals surface area contributed by atoms with E-state index >= 15 is 0 Å². The van der Waals surface area contributed by atoms with Gasteiger partial charge in [0.05, 0.1) is 6.54 Å². The highest BCUT2D eigenvalue weighted by Crippen LogP contribution is 2.25. The monoisotopic (exact) mass is 268 g/mol. The number of amides is 1. The van der Waals surface area contributed by atoms with Gasteiger partial charge in [-0.1, -0.05) is 6.07 Å². The lowest BCUT2D eigenvalue weighted by molar-refractivity contribution is -0.115. The van der Waals surface area contributed by atoms with E-state index in [9.17, 15) is 9.18 Å². The average molecular weight is 268 g/mol. The third-order valence-corrected chi connectivity index (χ3v) is 4.19. The van der Waals surface area contributed by atoms with Crippen molar-refractivity contribution in [2.24, 2.45) is 0 Å². The summed E-state index contributed by atoms with van der Waals surface area (Å²) in [6, 6.07) is 5.91. The largest absolute Gasteiger partial charge is 0.325 e. The molecule has 1 aromatic carbocycles. The minimum Gasteiger partial charge on any atom is -0.325 e. The van der Waals surface area contributed by atoms with E-state index in [1.807, 2.05) is 11.8 Å². The molecule has 0 radical (unpaired) electrons. The van der Waals surface area contributed by atoms with Crippen LogP contribution in [0.4, 0.5) is 10.1 Å². The first kappa shape index (κ1) is 13.4. The zero-order valence-corrected chi connectivity index (χ0v) is 10.9. The SMILES string of the molecule is O=C(CNCC1CCCS1)Nc1cccc(F)c1. The highest BCUT2D eigenvalue weighted by Gasteiger charge is 2.15. The average Bonchev–Trinajstić information content (AvgIpc) is 2.82. The molecule has 18 heavy (non-hydrogen) atoms. The number of anilines is 1. The second kappa shape index (κ2) is 6.75. The molecular weight excluding hydrogens is 251 g/mol. The molecule has 1 fully saturated rings. The fraction of sp³-hybridized carbons (Fsp3) is 0.462. The van der Waals surface area contributed by atoms with E-state index in [4.69, 9.17) is 0 Å². The molecule has 1 heterocycles. The standard InChI is InChI=1S/C13H17FN2OS/c14-10-3-1-4-11(7-10)16-13(17)9-15-8-12-5-2-6-18-12/h1,3-4,7,12,15H,2,5-6,8-9H2,(H,16,17). The molecule has 2 N–H and O–H groups in total. The van der Waals surface area contributed by atoms with Gasteiger partial charge >= 0.3 is 0 Å². The summed E-state index contributed by atoms with van der Waals surface area (Å²) in [7, 11) is 0. The minimum absolute atomic E-state index is 0.136. The van der Waals surface area contributed by atoms with E-state index in [0.717, 1.165) is 6.54 Å². The number of carbonyl (C=O) groups excluding carboxylic acids is 1. The van der Waals surface area contributed by atoms with Gasteiger partial charge in [-0.15, -0.1) is 0 Å². The summed E-state index contributed by atoms with van der Waals surface area (Å²) >= 11 is 1.96. The van der Waals surface area contributed by atoms with Crippen molar-refractivity contribution < 1.29 is 9.18 Å². The van der Waals surface area contributed by atoms with Crippen LogP contribution in [-0.4, -0.2) is 30.0 Å². The van der Waals surface area contributed by atoms with E-state index < -0.39 is 0 Å². The summed E-state index contributed by atoms with van der Waals surface area (Å²) in [6.07, 6.45) is 2.50. The van der Waals surface area contributed by atoms with Gasteiger partial charge in [0.25, 0.3) is 0 Å². The summed E-state index contributed by atoms with van der Waals surface area (Å²) < 4.78 is 12.9. The minimum atomic E-state index is -0.344. The van der Waals surface area contributed by atoms with Crippen molar-refractivity contribution in [3.63, 3.8) is 0 Å². The summed E-state index contributed by atoms with van der Waals surface area (Å²) in [4.78, 5) is 11.6. The van der Waals surface area contributed by atoms with Gasteiger partial charge in [-0.25, -0.2) is 4.39 Å². The van der Waals surface area contributed by atoms with Gasteiger partial charge in [0.1, 0.15) is 5.82 Å². The van der Waals surface area contributed by atoms with Gasteiger partial charge in [0.15, 0.2) is 0 Å². The van der Waals surface area contributed by atoms with Gasteiger partial charge in [0, 0.05) is 17.5 Å². The molecule has 0 aromatic heterocycles. The lowest BCUT2D eigenvalue weighted by Crippen LogP contribution is -2.32. The normalized spacial score (nSPS) is 18.8. The van der Waals surface area contributed by atoms with Crippen molar-refractivity contribution in [1.29, 1.82) is 0 Å². The fourth-order valence-electron chi connectivity index (χ4n) is 1.92. The second-order valence-corrected chi connectivity index (χ2v) is 5.73. The molecule has 1 aromatic rings. The van der Waals surface area contributed by atoms with Crippen molar-refractivity contribution in [2.45, 2.75) is 18.1 Å². The van der Waals surface area contributed by atoms with Crippen LogP contribution in [-0.2, 0) is 4.79 Å². The lowest BCUT2D eigenvalue weighted by atomic mass is 10.2. The van der Waals surface area contributed by atoms with Crippen molar-refractivity contribution in [3.05, 3.63) is 30.1 Å². The molecule has 0 spiro atoms. The molecule has 0 aliphatic carbocycles. The lowest BCUT2D eigenvalue weighted by Gasteiger charge is -2.10. The Morgan fingerprint density at radius 3 is 3.11 bits per heavy atom. The molecule has 1 saturated heterocycles. The van der Waals surface area contributed by atoms with Gasteiger partial charge in [-0.2, -0.15) is 11.8 Å². The molecule has 1 unspecified atom stereocenters. The zero-order valence-electron chi connectivity index (χ0n) is 10.1.